The Morgan fingerprint density at radius 1 is 1.20 bits per heavy atom. The zero-order valence-corrected chi connectivity index (χ0v) is 12.7. The molecule has 3 N–H and O–H groups in total. The van der Waals surface area contributed by atoms with Crippen LogP contribution in [0.2, 0.25) is 0 Å². The number of aromatic nitrogens is 2. The lowest BCUT2D eigenvalue weighted by Crippen LogP contribution is -2.39. The minimum atomic E-state index is -0.159. The number of hydrogen-bond donors (Lipinski definition) is 3. The Bertz CT molecular complexity index is 707. The van der Waals surface area contributed by atoms with Crippen LogP contribution in [0.1, 0.15) is 12.8 Å². The highest BCUT2D eigenvalue weighted by molar-refractivity contribution is 9.10. The monoisotopic (exact) mass is 336 g/mol. The fourth-order valence-corrected chi connectivity index (χ4v) is 3.97. The third kappa shape index (κ3) is 2.07. The molecule has 2 aliphatic rings. The number of aromatic amines is 2. The van der Waals surface area contributed by atoms with E-state index in [0.717, 1.165) is 27.1 Å². The highest BCUT2D eigenvalue weighted by Gasteiger charge is 2.34. The van der Waals surface area contributed by atoms with Crippen LogP contribution in [0.4, 0.5) is 5.69 Å². The molecule has 0 aliphatic carbocycles. The molecule has 1 aromatic heterocycles. The topological polar surface area (TPSA) is 63.9 Å². The molecular weight excluding hydrogens is 320 g/mol. The maximum atomic E-state index is 11.4. The molecule has 5 nitrogen and oxygen atoms in total. The van der Waals surface area contributed by atoms with Crippen LogP contribution in [-0.4, -0.2) is 40.5 Å². The van der Waals surface area contributed by atoms with Gasteiger partial charge in [0.2, 0.25) is 0 Å². The first-order valence-corrected chi connectivity index (χ1v) is 7.89. The number of benzene rings is 1. The van der Waals surface area contributed by atoms with Crippen molar-refractivity contribution in [2.45, 2.75) is 18.9 Å². The first kappa shape index (κ1) is 12.5. The summed E-state index contributed by atoms with van der Waals surface area (Å²) in [5.41, 5.74) is 2.60. The third-order valence-electron chi connectivity index (χ3n) is 4.58. The van der Waals surface area contributed by atoms with Gasteiger partial charge in [0.25, 0.3) is 0 Å². The summed E-state index contributed by atoms with van der Waals surface area (Å²) in [5.74, 6) is 0.747. The first-order valence-electron chi connectivity index (χ1n) is 7.09. The molecule has 20 heavy (non-hydrogen) atoms. The van der Waals surface area contributed by atoms with Gasteiger partial charge in [0, 0.05) is 23.6 Å². The molecule has 2 fully saturated rings. The molecule has 3 unspecified atom stereocenters. The van der Waals surface area contributed by atoms with Gasteiger partial charge in [-0.1, -0.05) is 0 Å². The van der Waals surface area contributed by atoms with E-state index < -0.39 is 0 Å². The molecule has 6 heteroatoms. The van der Waals surface area contributed by atoms with E-state index in [4.69, 9.17) is 0 Å². The van der Waals surface area contributed by atoms with Gasteiger partial charge in [-0.05, 0) is 53.4 Å². The molecule has 0 radical (unpaired) electrons. The zero-order valence-electron chi connectivity index (χ0n) is 11.1. The number of hydrogen-bond acceptors (Lipinski definition) is 3. The van der Waals surface area contributed by atoms with Crippen LogP contribution in [0, 0.1) is 5.92 Å². The van der Waals surface area contributed by atoms with E-state index in [0.29, 0.717) is 6.04 Å². The number of rotatable bonds is 2. The second-order valence-corrected chi connectivity index (χ2v) is 6.70. The predicted molar refractivity (Wildman–Crippen MR) is 83.2 cm³/mol. The molecule has 0 amide bonds. The Labute approximate surface area is 124 Å². The summed E-state index contributed by atoms with van der Waals surface area (Å²) in [4.78, 5) is 19.5. The molecule has 2 saturated heterocycles. The maximum absolute atomic E-state index is 11.4. The zero-order chi connectivity index (χ0) is 13.7. The van der Waals surface area contributed by atoms with Crippen LogP contribution in [0.3, 0.4) is 0 Å². The van der Waals surface area contributed by atoms with Crippen LogP contribution in [-0.2, 0) is 0 Å². The minimum Gasteiger partial charge on any atom is -0.381 e. The molecule has 2 bridgehead atoms. The Morgan fingerprint density at radius 3 is 2.80 bits per heavy atom. The Morgan fingerprint density at radius 2 is 1.95 bits per heavy atom. The Kier molecular flexibility index (Phi) is 2.89. The van der Waals surface area contributed by atoms with Crippen molar-refractivity contribution >= 4 is 32.7 Å². The molecule has 1 aromatic carbocycles. The lowest BCUT2D eigenvalue weighted by atomic mass is 9.94. The first-order chi connectivity index (χ1) is 9.69. The molecule has 4 rings (SSSR count). The minimum absolute atomic E-state index is 0.159. The van der Waals surface area contributed by atoms with Gasteiger partial charge in [0.1, 0.15) is 0 Å². The summed E-state index contributed by atoms with van der Waals surface area (Å²) in [5, 5.41) is 3.67. The summed E-state index contributed by atoms with van der Waals surface area (Å²) >= 11 is 3.60. The molecule has 0 spiro atoms. The average molecular weight is 337 g/mol. The van der Waals surface area contributed by atoms with Crippen molar-refractivity contribution in [3.8, 4) is 0 Å². The third-order valence-corrected chi connectivity index (χ3v) is 5.23. The second-order valence-electron chi connectivity index (χ2n) is 5.85. The van der Waals surface area contributed by atoms with Crippen molar-refractivity contribution in [1.29, 1.82) is 0 Å². The fourth-order valence-electron chi connectivity index (χ4n) is 3.51. The van der Waals surface area contributed by atoms with E-state index in [9.17, 15) is 4.79 Å². The molecule has 2 aliphatic heterocycles. The van der Waals surface area contributed by atoms with E-state index in [1.54, 1.807) is 0 Å². The van der Waals surface area contributed by atoms with E-state index in [2.05, 4.69) is 36.1 Å². The summed E-state index contributed by atoms with van der Waals surface area (Å²) in [6, 6.07) is 4.51. The molecular formula is C14H17BrN4O. The largest absolute Gasteiger partial charge is 0.381 e. The van der Waals surface area contributed by atoms with Crippen molar-refractivity contribution in [2.75, 3.05) is 25.0 Å². The lowest BCUT2D eigenvalue weighted by molar-refractivity contribution is 0.255. The molecule has 106 valence electrons. The number of H-pyrrole nitrogens is 2. The van der Waals surface area contributed by atoms with Gasteiger partial charge in [-0.15, -0.1) is 0 Å². The standard InChI is InChI=1S/C14H17BrN4O/c15-9-5-12-13(18-14(20)17-12)6-11(9)16-10-2-4-19-3-1-8(10)7-19/h5-6,8,10,16H,1-4,7H2,(H2,17,18,20). The molecule has 3 heterocycles. The summed E-state index contributed by atoms with van der Waals surface area (Å²) in [7, 11) is 0. The Balaban J connectivity index is 1.64. The quantitative estimate of drug-likeness (QED) is 0.787. The lowest BCUT2D eigenvalue weighted by Gasteiger charge is -2.32. The van der Waals surface area contributed by atoms with Crippen LogP contribution in [0.15, 0.2) is 21.4 Å². The number of anilines is 1. The van der Waals surface area contributed by atoms with E-state index in [1.807, 2.05) is 12.1 Å². The van der Waals surface area contributed by atoms with Gasteiger partial charge in [0.05, 0.1) is 16.7 Å². The molecule has 2 aromatic rings. The maximum Gasteiger partial charge on any atom is 0.323 e. The molecule has 3 atom stereocenters. The predicted octanol–water partition coefficient (Wildman–Crippen LogP) is 2.12. The van der Waals surface area contributed by atoms with Crippen molar-refractivity contribution < 1.29 is 0 Å². The van der Waals surface area contributed by atoms with E-state index >= 15 is 0 Å². The number of nitrogens with zero attached hydrogens (tertiary/aromatic N) is 1. The number of nitrogens with one attached hydrogen (secondary N) is 3. The number of halogens is 1. The van der Waals surface area contributed by atoms with Gasteiger partial charge in [-0.3, -0.25) is 0 Å². The average Bonchev–Trinajstić information content (AvgIpc) is 2.96. The van der Waals surface area contributed by atoms with E-state index in [1.165, 1.54) is 32.5 Å². The second kappa shape index (κ2) is 4.63. The van der Waals surface area contributed by atoms with Crippen molar-refractivity contribution in [3.63, 3.8) is 0 Å². The van der Waals surface area contributed by atoms with Crippen LogP contribution < -0.4 is 11.0 Å². The van der Waals surface area contributed by atoms with Gasteiger partial charge in [-0.2, -0.15) is 0 Å². The van der Waals surface area contributed by atoms with E-state index in [-0.39, 0.29) is 5.69 Å². The number of imidazole rings is 1. The van der Waals surface area contributed by atoms with Gasteiger partial charge < -0.3 is 20.2 Å². The van der Waals surface area contributed by atoms with Crippen LogP contribution in [0.25, 0.3) is 11.0 Å². The van der Waals surface area contributed by atoms with Crippen molar-refractivity contribution in [2.24, 2.45) is 5.92 Å². The number of piperidine rings is 1. The van der Waals surface area contributed by atoms with Crippen LogP contribution in [0.5, 0.6) is 0 Å². The van der Waals surface area contributed by atoms with Gasteiger partial charge in [0.15, 0.2) is 0 Å². The normalized spacial score (nSPS) is 28.9. The smallest absolute Gasteiger partial charge is 0.323 e. The highest BCUT2D eigenvalue weighted by atomic mass is 79.9. The van der Waals surface area contributed by atoms with Crippen molar-refractivity contribution in [3.05, 3.63) is 27.1 Å². The highest BCUT2D eigenvalue weighted by Crippen LogP contribution is 2.33. The summed E-state index contributed by atoms with van der Waals surface area (Å²) < 4.78 is 1.00. The fraction of sp³-hybridized carbons (Fsp3) is 0.500. The number of fused-ring (bicyclic) bond motifs is 3. The molecule has 0 saturated carbocycles. The van der Waals surface area contributed by atoms with Gasteiger partial charge >= 0.3 is 5.69 Å². The summed E-state index contributed by atoms with van der Waals surface area (Å²) in [6.45, 7) is 3.65. The summed E-state index contributed by atoms with van der Waals surface area (Å²) in [6.07, 6.45) is 2.48. The van der Waals surface area contributed by atoms with Crippen molar-refractivity contribution in [1.82, 2.24) is 14.9 Å². The SMILES string of the molecule is O=c1[nH]c2cc(Br)c(NC3CCN4CCC3C4)cc2[nH]1. The van der Waals surface area contributed by atoms with Crippen LogP contribution >= 0.6 is 15.9 Å². The van der Waals surface area contributed by atoms with Gasteiger partial charge in [-0.25, -0.2) is 4.79 Å². The Hall–Kier alpha value is -1.27.